The van der Waals surface area contributed by atoms with Gasteiger partial charge >= 0.3 is 0 Å². The molecule has 0 atom stereocenters. The molecule has 0 amide bonds. The minimum absolute atomic E-state index is 0.0638. The van der Waals surface area contributed by atoms with E-state index in [2.05, 4.69) is 0 Å². The summed E-state index contributed by atoms with van der Waals surface area (Å²) >= 11 is 0. The molecule has 0 aliphatic carbocycles. The Morgan fingerprint density at radius 2 is 0.750 bits per heavy atom. The van der Waals surface area contributed by atoms with Gasteiger partial charge in [-0.2, -0.15) is 0 Å². The lowest BCUT2D eigenvalue weighted by Gasteiger charge is -2.14. The van der Waals surface area contributed by atoms with Crippen LogP contribution in [0, 0.1) is 13.8 Å². The summed E-state index contributed by atoms with van der Waals surface area (Å²) in [5, 5.41) is 23.4. The van der Waals surface area contributed by atoms with Crippen molar-refractivity contribution in [3.63, 3.8) is 0 Å². The molecule has 0 aromatic heterocycles. The zero-order valence-corrected chi connectivity index (χ0v) is 21.8. The van der Waals surface area contributed by atoms with Crippen LogP contribution in [0.5, 0.6) is 46.0 Å². The maximum absolute atomic E-state index is 10.2. The number of fused-ring (bicyclic) bond motifs is 2. The number of benzene rings is 4. The van der Waals surface area contributed by atoms with E-state index in [0.717, 1.165) is 21.9 Å². The van der Waals surface area contributed by atoms with Crippen molar-refractivity contribution in [2.45, 2.75) is 13.8 Å². The molecule has 0 aliphatic rings. The van der Waals surface area contributed by atoms with Crippen molar-refractivity contribution in [2.75, 3.05) is 42.7 Å². The van der Waals surface area contributed by atoms with Crippen LogP contribution >= 0.6 is 0 Å². The molecule has 0 bridgehead atoms. The molecule has 0 saturated carbocycles. The monoisotopic (exact) mass is 496 g/mol. The third-order valence-corrected chi connectivity index (χ3v) is 5.80. The maximum Gasteiger partial charge on any atom is 0.203 e. The van der Waals surface area contributed by atoms with Crippen LogP contribution in [-0.4, -0.2) is 52.9 Å². The first-order chi connectivity index (χ1) is 17.2. The molecule has 192 valence electrons. The number of methoxy groups -OCH3 is 6. The third kappa shape index (κ3) is 4.79. The number of phenolic OH excluding ortho intramolecular Hbond substituents is 2. The first kappa shape index (κ1) is 26.4. The summed E-state index contributed by atoms with van der Waals surface area (Å²) in [7, 11) is 9.25. The summed E-state index contributed by atoms with van der Waals surface area (Å²) in [6.07, 6.45) is 0. The highest BCUT2D eigenvalue weighted by molar-refractivity contribution is 5.98. The third-order valence-electron chi connectivity index (χ3n) is 5.80. The zero-order chi connectivity index (χ0) is 26.6. The Bertz CT molecular complexity index is 1290. The predicted molar refractivity (Wildman–Crippen MR) is 140 cm³/mol. The molecular formula is C28H32O8. The maximum atomic E-state index is 10.2. The van der Waals surface area contributed by atoms with Gasteiger partial charge in [-0.3, -0.25) is 0 Å². The number of hydrogen-bond donors (Lipinski definition) is 2. The summed E-state index contributed by atoms with van der Waals surface area (Å²) in [5.41, 5.74) is 2.00. The van der Waals surface area contributed by atoms with Crippen molar-refractivity contribution in [2.24, 2.45) is 0 Å². The van der Waals surface area contributed by atoms with Crippen LogP contribution in [0.4, 0.5) is 0 Å². The minimum Gasteiger partial charge on any atom is -0.504 e. The molecule has 0 radical (unpaired) electrons. The average molecular weight is 497 g/mol. The van der Waals surface area contributed by atoms with E-state index in [4.69, 9.17) is 28.4 Å². The van der Waals surface area contributed by atoms with Crippen LogP contribution in [0.15, 0.2) is 36.4 Å². The fraction of sp³-hybridized carbons (Fsp3) is 0.286. The van der Waals surface area contributed by atoms with Crippen LogP contribution in [0.3, 0.4) is 0 Å². The number of rotatable bonds is 6. The van der Waals surface area contributed by atoms with Gasteiger partial charge in [-0.15, -0.1) is 0 Å². The fourth-order valence-corrected chi connectivity index (χ4v) is 4.13. The summed E-state index contributed by atoms with van der Waals surface area (Å²) in [6, 6.07) is 11.2. The molecule has 0 fully saturated rings. The fourth-order valence-electron chi connectivity index (χ4n) is 4.13. The number of aromatic hydroxyl groups is 2. The summed E-state index contributed by atoms with van der Waals surface area (Å²) < 4.78 is 31.4. The molecule has 0 aliphatic heterocycles. The van der Waals surface area contributed by atoms with Crippen LogP contribution < -0.4 is 28.4 Å². The normalized spacial score (nSPS) is 10.4. The molecule has 36 heavy (non-hydrogen) atoms. The molecule has 0 heterocycles. The number of hydrogen-bond acceptors (Lipinski definition) is 8. The van der Waals surface area contributed by atoms with E-state index in [9.17, 15) is 10.2 Å². The van der Waals surface area contributed by atoms with E-state index in [-0.39, 0.29) is 11.5 Å². The molecule has 2 N–H and O–H groups in total. The largest absolute Gasteiger partial charge is 0.504 e. The zero-order valence-electron chi connectivity index (χ0n) is 21.8. The Morgan fingerprint density at radius 1 is 0.417 bits per heavy atom. The molecule has 0 unspecified atom stereocenters. The predicted octanol–water partition coefficient (Wildman–Crippen LogP) is 5.76. The second-order valence-electron chi connectivity index (χ2n) is 8.05. The second-order valence-corrected chi connectivity index (χ2v) is 8.05. The molecular weight excluding hydrogens is 464 g/mol. The highest BCUT2D eigenvalue weighted by atomic mass is 16.5. The minimum atomic E-state index is 0.0638. The average Bonchev–Trinajstić information content (AvgIpc) is 2.88. The van der Waals surface area contributed by atoms with Gasteiger partial charge < -0.3 is 38.6 Å². The van der Waals surface area contributed by atoms with E-state index in [1.807, 2.05) is 38.1 Å². The van der Waals surface area contributed by atoms with Gasteiger partial charge in [0.25, 0.3) is 0 Å². The number of aryl methyl sites for hydroxylation is 2. The number of ether oxygens (including phenoxy) is 6. The molecule has 8 nitrogen and oxygen atoms in total. The smallest absolute Gasteiger partial charge is 0.203 e. The Morgan fingerprint density at radius 3 is 1.03 bits per heavy atom. The highest BCUT2D eigenvalue weighted by Crippen LogP contribution is 2.46. The van der Waals surface area contributed by atoms with Crippen molar-refractivity contribution < 1.29 is 38.6 Å². The van der Waals surface area contributed by atoms with Crippen molar-refractivity contribution in [3.05, 3.63) is 47.5 Å². The van der Waals surface area contributed by atoms with Gasteiger partial charge in [0.2, 0.25) is 11.5 Å². The van der Waals surface area contributed by atoms with E-state index in [1.54, 1.807) is 26.4 Å². The Balaban J connectivity index is 0.000000201. The van der Waals surface area contributed by atoms with Gasteiger partial charge in [-0.25, -0.2) is 0 Å². The lowest BCUT2D eigenvalue weighted by molar-refractivity contribution is 0.335. The Kier molecular flexibility index (Phi) is 8.09. The van der Waals surface area contributed by atoms with Gasteiger partial charge in [0.05, 0.1) is 42.7 Å². The molecule has 4 aromatic carbocycles. The van der Waals surface area contributed by atoms with E-state index >= 15 is 0 Å². The highest BCUT2D eigenvalue weighted by Gasteiger charge is 2.18. The quantitative estimate of drug-likeness (QED) is 0.348. The SMILES string of the molecule is COc1cc2c(OC)cc(C)cc2c(O)c1OC.COc1cc2c(OC)cc(C)cc2c(O)c1OC. The van der Waals surface area contributed by atoms with E-state index in [0.29, 0.717) is 45.3 Å². The van der Waals surface area contributed by atoms with Gasteiger partial charge in [0, 0.05) is 21.5 Å². The van der Waals surface area contributed by atoms with Crippen LogP contribution in [0.2, 0.25) is 0 Å². The van der Waals surface area contributed by atoms with E-state index in [1.165, 1.54) is 28.4 Å². The van der Waals surface area contributed by atoms with Crippen LogP contribution in [0.25, 0.3) is 21.5 Å². The van der Waals surface area contributed by atoms with E-state index < -0.39 is 0 Å². The van der Waals surface area contributed by atoms with Gasteiger partial charge in [-0.05, 0) is 61.4 Å². The molecule has 0 spiro atoms. The standard InChI is InChI=1S/2C14H16O4/c2*1-8-5-10-9(11(6-8)16-2)7-12(17-3)14(18-4)13(10)15/h2*5-7,15H,1-4H3. The first-order valence-electron chi connectivity index (χ1n) is 11.1. The van der Waals surface area contributed by atoms with Crippen LogP contribution in [0.1, 0.15) is 11.1 Å². The number of phenols is 2. The summed E-state index contributed by atoms with van der Waals surface area (Å²) in [5.74, 6) is 3.13. The Hall–Kier alpha value is -4.20. The lowest BCUT2D eigenvalue weighted by Crippen LogP contribution is -1.94. The first-order valence-corrected chi connectivity index (χ1v) is 11.1. The summed E-state index contributed by atoms with van der Waals surface area (Å²) in [6.45, 7) is 3.89. The molecule has 8 heteroatoms. The van der Waals surface area contributed by atoms with Crippen molar-refractivity contribution in [1.82, 2.24) is 0 Å². The van der Waals surface area contributed by atoms with Gasteiger partial charge in [-0.1, -0.05) is 0 Å². The van der Waals surface area contributed by atoms with Crippen molar-refractivity contribution in [3.8, 4) is 46.0 Å². The van der Waals surface area contributed by atoms with Crippen molar-refractivity contribution >= 4 is 21.5 Å². The summed E-state index contributed by atoms with van der Waals surface area (Å²) in [4.78, 5) is 0. The van der Waals surface area contributed by atoms with Crippen LogP contribution in [-0.2, 0) is 0 Å². The lowest BCUT2D eigenvalue weighted by atomic mass is 10.0. The topological polar surface area (TPSA) is 95.8 Å². The van der Waals surface area contributed by atoms with Crippen molar-refractivity contribution in [1.29, 1.82) is 0 Å². The molecule has 0 saturated heterocycles. The molecule has 4 rings (SSSR count). The second kappa shape index (κ2) is 11.0. The Labute approximate surface area is 210 Å². The van der Waals surface area contributed by atoms with Gasteiger partial charge in [0.1, 0.15) is 11.5 Å². The molecule has 4 aromatic rings. The van der Waals surface area contributed by atoms with Gasteiger partial charge in [0.15, 0.2) is 23.0 Å².